The van der Waals surface area contributed by atoms with Crippen LogP contribution in [0.25, 0.3) is 5.69 Å². The first-order chi connectivity index (χ1) is 11.5. The molecule has 2 heterocycles. The van der Waals surface area contributed by atoms with E-state index in [2.05, 4.69) is 0 Å². The molecule has 0 spiro atoms. The van der Waals surface area contributed by atoms with Crippen molar-refractivity contribution in [1.82, 2.24) is 4.57 Å². The molecule has 1 aliphatic rings. The third-order valence-corrected chi connectivity index (χ3v) is 3.85. The second-order valence-corrected chi connectivity index (χ2v) is 5.17. The maximum Gasteiger partial charge on any atom is 0.357 e. The number of carbonyl (C=O) groups excluding carboxylic acids is 2. The molecule has 2 N–H and O–H groups in total. The first kappa shape index (κ1) is 15.4. The minimum atomic E-state index is -0.653. The van der Waals surface area contributed by atoms with Gasteiger partial charge in [0.15, 0.2) is 12.3 Å². The Bertz CT molecular complexity index is 894. The molecule has 0 fully saturated rings. The molecule has 122 valence electrons. The largest absolute Gasteiger partial charge is 0.481 e. The van der Waals surface area contributed by atoms with Crippen LogP contribution in [-0.2, 0) is 9.53 Å². The Kier molecular flexibility index (Phi) is 3.62. The highest BCUT2D eigenvalue weighted by molar-refractivity contribution is 5.98. The highest BCUT2D eigenvalue weighted by Crippen LogP contribution is 2.34. The van der Waals surface area contributed by atoms with Crippen LogP contribution < -0.4 is 15.4 Å². The highest BCUT2D eigenvalue weighted by Gasteiger charge is 2.25. The van der Waals surface area contributed by atoms with Gasteiger partial charge in [-0.2, -0.15) is 5.26 Å². The number of aromatic nitrogens is 1. The number of carbonyl (C=O) groups is 2. The number of nitrogen functional groups attached to an aromatic ring is 1. The van der Waals surface area contributed by atoms with Crippen molar-refractivity contribution < 1.29 is 19.1 Å². The van der Waals surface area contributed by atoms with E-state index in [1.165, 1.54) is 22.8 Å². The van der Waals surface area contributed by atoms with E-state index in [1.807, 2.05) is 6.07 Å². The lowest BCUT2D eigenvalue weighted by Crippen LogP contribution is -2.35. The molecule has 0 aliphatic carbocycles. The summed E-state index contributed by atoms with van der Waals surface area (Å²) < 4.78 is 11.7. The number of hydrogen-bond acceptors (Lipinski definition) is 6. The van der Waals surface area contributed by atoms with Gasteiger partial charge in [0, 0.05) is 25.0 Å². The number of methoxy groups -OCH3 is 1. The quantitative estimate of drug-likeness (QED) is 0.827. The zero-order chi connectivity index (χ0) is 17.4. The molecule has 0 bridgehead atoms. The molecule has 3 rings (SSSR count). The van der Waals surface area contributed by atoms with Gasteiger partial charge in [0.1, 0.15) is 11.8 Å². The van der Waals surface area contributed by atoms with Gasteiger partial charge in [0.25, 0.3) is 5.91 Å². The maximum absolute atomic E-state index is 12.0. The van der Waals surface area contributed by atoms with Crippen LogP contribution in [0.15, 0.2) is 24.4 Å². The highest BCUT2D eigenvalue weighted by atomic mass is 16.5. The third kappa shape index (κ3) is 2.23. The number of esters is 1. The van der Waals surface area contributed by atoms with Crippen LogP contribution >= 0.6 is 0 Å². The SMILES string of the molecule is COC(=O)c1c(N)c(C#N)cn1-c1ccc2c(c1)OCC(=O)N2C. The molecule has 8 nitrogen and oxygen atoms in total. The normalized spacial score (nSPS) is 13.0. The lowest BCUT2D eigenvalue weighted by molar-refractivity contribution is -0.120. The number of amides is 1. The van der Waals surface area contributed by atoms with Gasteiger partial charge >= 0.3 is 5.97 Å². The Morgan fingerprint density at radius 1 is 1.46 bits per heavy atom. The van der Waals surface area contributed by atoms with E-state index in [4.69, 9.17) is 20.5 Å². The van der Waals surface area contributed by atoms with E-state index in [1.54, 1.807) is 25.2 Å². The summed E-state index contributed by atoms with van der Waals surface area (Å²) in [6, 6.07) is 7.01. The molecule has 1 aromatic carbocycles. The second kappa shape index (κ2) is 5.62. The summed E-state index contributed by atoms with van der Waals surface area (Å²) in [6.07, 6.45) is 1.46. The predicted octanol–water partition coefficient (Wildman–Crippen LogP) is 1.07. The number of ether oxygens (including phenoxy) is 2. The van der Waals surface area contributed by atoms with E-state index >= 15 is 0 Å². The van der Waals surface area contributed by atoms with Crippen molar-refractivity contribution in [3.8, 4) is 17.5 Å². The van der Waals surface area contributed by atoms with Crippen molar-refractivity contribution in [3.63, 3.8) is 0 Å². The number of likely N-dealkylation sites (N-methyl/N-ethyl adjacent to an activating group) is 1. The summed E-state index contributed by atoms with van der Waals surface area (Å²) in [5, 5.41) is 9.15. The fourth-order valence-corrected chi connectivity index (χ4v) is 2.53. The van der Waals surface area contributed by atoms with Crippen LogP contribution in [-0.4, -0.2) is 37.2 Å². The van der Waals surface area contributed by atoms with Crippen molar-refractivity contribution in [3.05, 3.63) is 35.7 Å². The summed E-state index contributed by atoms with van der Waals surface area (Å²) in [5.41, 5.74) is 7.34. The first-order valence-corrected chi connectivity index (χ1v) is 7.01. The number of rotatable bonds is 2. The molecule has 1 aliphatic heterocycles. The Hall–Kier alpha value is -3.47. The molecular formula is C16H14N4O4. The summed E-state index contributed by atoms with van der Waals surface area (Å²) in [6.45, 7) is -0.0614. The summed E-state index contributed by atoms with van der Waals surface area (Å²) in [7, 11) is 2.90. The van der Waals surface area contributed by atoms with Crippen LogP contribution in [0.4, 0.5) is 11.4 Å². The lowest BCUT2D eigenvalue weighted by Gasteiger charge is -2.26. The smallest absolute Gasteiger partial charge is 0.357 e. The van der Waals surface area contributed by atoms with Gasteiger partial charge in [-0.1, -0.05) is 0 Å². The van der Waals surface area contributed by atoms with Crippen molar-refractivity contribution in [2.75, 3.05) is 31.4 Å². The first-order valence-electron chi connectivity index (χ1n) is 7.01. The summed E-state index contributed by atoms with van der Waals surface area (Å²) in [4.78, 5) is 25.2. The number of anilines is 2. The van der Waals surface area contributed by atoms with Gasteiger partial charge in [-0.05, 0) is 12.1 Å². The molecule has 0 saturated heterocycles. The zero-order valence-electron chi connectivity index (χ0n) is 13.1. The summed E-state index contributed by atoms with van der Waals surface area (Å²) in [5.74, 6) is -0.307. The number of fused-ring (bicyclic) bond motifs is 1. The molecule has 0 unspecified atom stereocenters. The Labute approximate surface area is 137 Å². The topological polar surface area (TPSA) is 111 Å². The molecule has 0 saturated carbocycles. The average Bonchev–Trinajstić information content (AvgIpc) is 2.93. The van der Waals surface area contributed by atoms with Crippen LogP contribution in [0.3, 0.4) is 0 Å². The molecule has 24 heavy (non-hydrogen) atoms. The van der Waals surface area contributed by atoms with E-state index in [9.17, 15) is 9.59 Å². The second-order valence-electron chi connectivity index (χ2n) is 5.17. The van der Waals surface area contributed by atoms with Crippen LogP contribution in [0.5, 0.6) is 5.75 Å². The Balaban J connectivity index is 2.16. The molecule has 0 atom stereocenters. The number of nitriles is 1. The van der Waals surface area contributed by atoms with Gasteiger partial charge in [-0.3, -0.25) is 4.79 Å². The van der Waals surface area contributed by atoms with Gasteiger partial charge < -0.3 is 24.7 Å². The minimum Gasteiger partial charge on any atom is -0.481 e. The van der Waals surface area contributed by atoms with Gasteiger partial charge in [0.2, 0.25) is 0 Å². The standard InChI is InChI=1S/C16H14N4O4/c1-19-11-4-3-10(5-12(11)24-8-13(19)21)20-7-9(6-17)14(18)15(20)16(22)23-2/h3-5,7H,8,18H2,1-2H3. The van der Waals surface area contributed by atoms with E-state index in [-0.39, 0.29) is 29.5 Å². The number of nitrogens with two attached hydrogens (primary N) is 1. The fourth-order valence-electron chi connectivity index (χ4n) is 2.53. The van der Waals surface area contributed by atoms with Gasteiger partial charge in [0.05, 0.1) is 24.0 Å². The predicted molar refractivity (Wildman–Crippen MR) is 85.1 cm³/mol. The van der Waals surface area contributed by atoms with E-state index in [0.717, 1.165) is 0 Å². The van der Waals surface area contributed by atoms with E-state index in [0.29, 0.717) is 17.1 Å². The average molecular weight is 326 g/mol. The molecule has 2 aromatic rings. The summed E-state index contributed by atoms with van der Waals surface area (Å²) >= 11 is 0. The molecule has 8 heteroatoms. The van der Waals surface area contributed by atoms with Crippen molar-refractivity contribution in [1.29, 1.82) is 5.26 Å². The van der Waals surface area contributed by atoms with Crippen molar-refractivity contribution in [2.45, 2.75) is 0 Å². The Morgan fingerprint density at radius 2 is 2.21 bits per heavy atom. The molecule has 1 aromatic heterocycles. The molecule has 0 radical (unpaired) electrons. The molecule has 1 amide bonds. The van der Waals surface area contributed by atoms with Gasteiger partial charge in [-0.25, -0.2) is 4.79 Å². The van der Waals surface area contributed by atoms with Crippen LogP contribution in [0.2, 0.25) is 0 Å². The number of benzene rings is 1. The van der Waals surface area contributed by atoms with Gasteiger partial charge in [-0.15, -0.1) is 0 Å². The van der Waals surface area contributed by atoms with E-state index < -0.39 is 5.97 Å². The fraction of sp³-hybridized carbons (Fsp3) is 0.188. The van der Waals surface area contributed by atoms with Crippen LogP contribution in [0, 0.1) is 11.3 Å². The minimum absolute atomic E-state index is 0.0512. The van der Waals surface area contributed by atoms with Crippen molar-refractivity contribution in [2.24, 2.45) is 0 Å². The third-order valence-electron chi connectivity index (χ3n) is 3.85. The molecular weight excluding hydrogens is 312 g/mol. The zero-order valence-corrected chi connectivity index (χ0v) is 13.1. The van der Waals surface area contributed by atoms with Crippen LogP contribution in [0.1, 0.15) is 16.1 Å². The maximum atomic E-state index is 12.0. The lowest BCUT2D eigenvalue weighted by atomic mass is 10.2. The van der Waals surface area contributed by atoms with Crippen molar-refractivity contribution >= 4 is 23.3 Å². The number of nitrogens with zero attached hydrogens (tertiary/aromatic N) is 3. The number of hydrogen-bond donors (Lipinski definition) is 1. The monoisotopic (exact) mass is 326 g/mol. The Morgan fingerprint density at radius 3 is 2.88 bits per heavy atom.